The molecule has 9 heteroatoms. The van der Waals surface area contributed by atoms with Crippen molar-refractivity contribution in [3.05, 3.63) is 58.3 Å². The molecule has 0 amide bonds. The number of halogens is 3. The summed E-state index contributed by atoms with van der Waals surface area (Å²) in [5.74, 6) is 0.365. The molecule has 1 aromatic carbocycles. The van der Waals surface area contributed by atoms with E-state index in [-0.39, 0.29) is 28.5 Å². The van der Waals surface area contributed by atoms with Gasteiger partial charge in [-0.25, -0.2) is 14.5 Å². The molecule has 0 unspecified atom stereocenters. The highest BCUT2D eigenvalue weighted by atomic mass is 19.4. The number of hydrogen-bond acceptors (Lipinski definition) is 4. The van der Waals surface area contributed by atoms with E-state index in [1.807, 2.05) is 19.9 Å². The highest BCUT2D eigenvalue weighted by Gasteiger charge is 2.34. The molecule has 4 aromatic rings. The SMILES string of the molecule is CC(C)c1ccc2nc(-c3cnn4c(C(F)(F)F)ccnc34)[nH]c(=O)c2c1. The van der Waals surface area contributed by atoms with Crippen molar-refractivity contribution in [2.45, 2.75) is 25.9 Å². The predicted molar refractivity (Wildman–Crippen MR) is 93.4 cm³/mol. The molecule has 3 aromatic heterocycles. The first-order valence-electron chi connectivity index (χ1n) is 8.20. The predicted octanol–water partition coefficient (Wildman–Crippen LogP) is 3.78. The van der Waals surface area contributed by atoms with Crippen molar-refractivity contribution >= 4 is 16.6 Å². The minimum Gasteiger partial charge on any atom is -0.306 e. The van der Waals surface area contributed by atoms with Crippen LogP contribution in [0.3, 0.4) is 0 Å². The van der Waals surface area contributed by atoms with Gasteiger partial charge in [-0.15, -0.1) is 0 Å². The van der Waals surface area contributed by atoms with Crippen LogP contribution in [0.15, 0.2) is 41.5 Å². The van der Waals surface area contributed by atoms with Crippen LogP contribution in [0, 0.1) is 0 Å². The Morgan fingerprint density at radius 2 is 1.96 bits per heavy atom. The zero-order valence-electron chi connectivity index (χ0n) is 14.4. The summed E-state index contributed by atoms with van der Waals surface area (Å²) < 4.78 is 40.1. The minimum absolute atomic E-state index is 0.0360. The molecule has 0 bridgehead atoms. The third kappa shape index (κ3) is 2.84. The molecule has 0 atom stereocenters. The Morgan fingerprint density at radius 3 is 2.67 bits per heavy atom. The van der Waals surface area contributed by atoms with E-state index in [4.69, 9.17) is 0 Å². The number of aromatic nitrogens is 5. The van der Waals surface area contributed by atoms with Gasteiger partial charge in [0, 0.05) is 6.20 Å². The summed E-state index contributed by atoms with van der Waals surface area (Å²) in [4.78, 5) is 23.5. The molecule has 6 nitrogen and oxygen atoms in total. The van der Waals surface area contributed by atoms with Gasteiger partial charge in [-0.05, 0) is 29.7 Å². The normalized spacial score (nSPS) is 12.4. The van der Waals surface area contributed by atoms with Gasteiger partial charge >= 0.3 is 6.18 Å². The van der Waals surface area contributed by atoms with E-state index >= 15 is 0 Å². The van der Waals surface area contributed by atoms with Crippen molar-refractivity contribution in [2.75, 3.05) is 0 Å². The van der Waals surface area contributed by atoms with Crippen LogP contribution >= 0.6 is 0 Å². The Bertz CT molecular complexity index is 1220. The van der Waals surface area contributed by atoms with Crippen molar-refractivity contribution in [3.8, 4) is 11.4 Å². The smallest absolute Gasteiger partial charge is 0.306 e. The Balaban J connectivity index is 1.93. The van der Waals surface area contributed by atoms with Crippen LogP contribution in [-0.4, -0.2) is 24.6 Å². The summed E-state index contributed by atoms with van der Waals surface area (Å²) >= 11 is 0. The molecule has 27 heavy (non-hydrogen) atoms. The molecule has 0 spiro atoms. The highest BCUT2D eigenvalue weighted by Crippen LogP contribution is 2.31. The van der Waals surface area contributed by atoms with Crippen LogP contribution in [0.2, 0.25) is 0 Å². The average Bonchev–Trinajstić information content (AvgIpc) is 3.04. The van der Waals surface area contributed by atoms with E-state index in [1.165, 1.54) is 6.20 Å². The second-order valence-electron chi connectivity index (χ2n) is 6.47. The minimum atomic E-state index is -4.58. The summed E-state index contributed by atoms with van der Waals surface area (Å²) in [6.07, 6.45) is -2.32. The number of aromatic amines is 1. The molecule has 0 saturated heterocycles. The molecule has 0 fully saturated rings. The van der Waals surface area contributed by atoms with E-state index in [1.54, 1.807) is 12.1 Å². The molecule has 0 radical (unpaired) electrons. The second kappa shape index (κ2) is 5.90. The summed E-state index contributed by atoms with van der Waals surface area (Å²) in [5, 5.41) is 4.20. The van der Waals surface area contributed by atoms with E-state index < -0.39 is 11.9 Å². The maximum Gasteiger partial charge on any atom is 0.433 e. The Morgan fingerprint density at radius 1 is 1.19 bits per heavy atom. The summed E-state index contributed by atoms with van der Waals surface area (Å²) in [7, 11) is 0. The summed E-state index contributed by atoms with van der Waals surface area (Å²) in [6.45, 7) is 4.03. The molecular weight excluding hydrogens is 359 g/mol. The monoisotopic (exact) mass is 373 g/mol. The van der Waals surface area contributed by atoms with E-state index in [0.717, 1.165) is 17.8 Å². The first-order valence-corrected chi connectivity index (χ1v) is 8.20. The van der Waals surface area contributed by atoms with Crippen molar-refractivity contribution < 1.29 is 13.2 Å². The third-order valence-electron chi connectivity index (χ3n) is 4.34. The molecule has 4 rings (SSSR count). The quantitative estimate of drug-likeness (QED) is 0.580. The molecule has 0 aliphatic heterocycles. The van der Waals surface area contributed by atoms with Crippen LogP contribution in [0.5, 0.6) is 0 Å². The molecule has 138 valence electrons. The molecule has 0 aliphatic rings. The fourth-order valence-electron chi connectivity index (χ4n) is 2.92. The Kier molecular flexibility index (Phi) is 3.76. The van der Waals surface area contributed by atoms with E-state index in [2.05, 4.69) is 20.1 Å². The van der Waals surface area contributed by atoms with Gasteiger partial charge in [0.1, 0.15) is 11.5 Å². The van der Waals surface area contributed by atoms with Gasteiger partial charge in [0.2, 0.25) is 0 Å². The fourth-order valence-corrected chi connectivity index (χ4v) is 2.92. The first kappa shape index (κ1) is 17.2. The molecule has 3 heterocycles. The van der Waals surface area contributed by atoms with Crippen LogP contribution in [0.25, 0.3) is 27.9 Å². The van der Waals surface area contributed by atoms with Crippen molar-refractivity contribution in [2.24, 2.45) is 0 Å². The fraction of sp³-hybridized carbons (Fsp3) is 0.222. The lowest BCUT2D eigenvalue weighted by molar-refractivity contribution is -0.142. The largest absolute Gasteiger partial charge is 0.433 e. The number of alkyl halides is 3. The average molecular weight is 373 g/mol. The summed E-state index contributed by atoms with van der Waals surface area (Å²) in [6, 6.07) is 6.21. The second-order valence-corrected chi connectivity index (χ2v) is 6.47. The van der Waals surface area contributed by atoms with Crippen LogP contribution in [0.1, 0.15) is 31.0 Å². The van der Waals surface area contributed by atoms with Crippen molar-refractivity contribution in [3.63, 3.8) is 0 Å². The molecule has 0 aliphatic carbocycles. The van der Waals surface area contributed by atoms with Gasteiger partial charge in [0.05, 0.1) is 22.7 Å². The number of hydrogen-bond donors (Lipinski definition) is 1. The van der Waals surface area contributed by atoms with Crippen LogP contribution in [-0.2, 0) is 6.18 Å². The van der Waals surface area contributed by atoms with Gasteiger partial charge in [0.15, 0.2) is 5.65 Å². The van der Waals surface area contributed by atoms with Crippen LogP contribution in [0.4, 0.5) is 13.2 Å². The number of H-pyrrole nitrogens is 1. The van der Waals surface area contributed by atoms with E-state index in [0.29, 0.717) is 15.4 Å². The topological polar surface area (TPSA) is 75.9 Å². The molecule has 0 saturated carbocycles. The molecule has 1 N–H and O–H groups in total. The number of nitrogens with zero attached hydrogens (tertiary/aromatic N) is 4. The third-order valence-corrected chi connectivity index (χ3v) is 4.34. The highest BCUT2D eigenvalue weighted by molar-refractivity contribution is 5.82. The lowest BCUT2D eigenvalue weighted by atomic mass is 10.0. The van der Waals surface area contributed by atoms with Gasteiger partial charge in [-0.1, -0.05) is 19.9 Å². The number of benzene rings is 1. The maximum atomic E-state index is 13.1. The van der Waals surface area contributed by atoms with Crippen LogP contribution < -0.4 is 5.56 Å². The molecular formula is C18H14F3N5O. The zero-order chi connectivity index (χ0) is 19.3. The number of rotatable bonds is 2. The van der Waals surface area contributed by atoms with Gasteiger partial charge in [0.25, 0.3) is 5.56 Å². The van der Waals surface area contributed by atoms with Gasteiger partial charge in [-0.2, -0.15) is 18.3 Å². The first-order chi connectivity index (χ1) is 12.8. The number of nitrogens with one attached hydrogen (secondary N) is 1. The Labute approximate surface area is 150 Å². The van der Waals surface area contributed by atoms with E-state index in [9.17, 15) is 18.0 Å². The Hall–Kier alpha value is -3.23. The van der Waals surface area contributed by atoms with Gasteiger partial charge in [-0.3, -0.25) is 4.79 Å². The number of fused-ring (bicyclic) bond motifs is 2. The van der Waals surface area contributed by atoms with Gasteiger partial charge < -0.3 is 4.98 Å². The summed E-state index contributed by atoms with van der Waals surface area (Å²) in [5.41, 5.74) is 0.297. The van der Waals surface area contributed by atoms with Crippen molar-refractivity contribution in [1.29, 1.82) is 0 Å². The standard InChI is InChI=1S/C18H14F3N5O/c1-9(2)10-3-4-13-11(7-10)17(27)25-15(24-13)12-8-23-26-14(18(19,20)21)5-6-22-16(12)26/h3-9H,1-2H3,(H,24,25,27). The lowest BCUT2D eigenvalue weighted by Crippen LogP contribution is -2.13. The lowest BCUT2D eigenvalue weighted by Gasteiger charge is -2.08. The van der Waals surface area contributed by atoms with Crippen molar-refractivity contribution in [1.82, 2.24) is 24.6 Å². The zero-order valence-corrected chi connectivity index (χ0v) is 14.4. The maximum absolute atomic E-state index is 13.1.